The molecule has 1 aromatic rings. The van der Waals surface area contributed by atoms with E-state index < -0.39 is 30.5 Å². The zero-order valence-corrected chi connectivity index (χ0v) is 11.8. The molecule has 2 rings (SSSR count). The van der Waals surface area contributed by atoms with Crippen LogP contribution in [0.3, 0.4) is 0 Å². The van der Waals surface area contributed by atoms with Crippen LogP contribution < -0.4 is 0 Å². The average Bonchev–Trinajstić information content (AvgIpc) is 3.26. The van der Waals surface area contributed by atoms with E-state index in [1.807, 2.05) is 30.3 Å². The summed E-state index contributed by atoms with van der Waals surface area (Å²) in [6.45, 7) is 2.30. The summed E-state index contributed by atoms with van der Waals surface area (Å²) in [5.41, 5.74) is 1.02. The number of rotatable bonds is 8. The molecule has 1 aromatic carbocycles. The molecule has 1 fully saturated rings. The Balaban J connectivity index is 1.68. The van der Waals surface area contributed by atoms with Gasteiger partial charge in [0, 0.05) is 0 Å². The predicted octanol–water partition coefficient (Wildman–Crippen LogP) is 1.23. The number of hydrogen-bond donors (Lipinski definition) is 1. The topological polar surface area (TPSA) is 68.3 Å². The van der Waals surface area contributed by atoms with Gasteiger partial charge in [0.1, 0.15) is 18.3 Å². The first-order chi connectivity index (χ1) is 10.1. The smallest absolute Gasteiger partial charge is 0.343 e. The number of carbonyl (C=O) groups is 1. The van der Waals surface area contributed by atoms with Gasteiger partial charge in [0.05, 0.1) is 19.8 Å². The van der Waals surface area contributed by atoms with E-state index in [9.17, 15) is 14.3 Å². The largest absolute Gasteiger partial charge is 0.464 e. The van der Waals surface area contributed by atoms with Crippen LogP contribution in [-0.4, -0.2) is 48.8 Å². The number of benzene rings is 1. The second kappa shape index (κ2) is 7.49. The van der Waals surface area contributed by atoms with Gasteiger partial charge >= 0.3 is 5.97 Å². The number of halogens is 1. The lowest BCUT2D eigenvalue weighted by Crippen LogP contribution is -2.36. The van der Waals surface area contributed by atoms with Crippen LogP contribution in [0.15, 0.2) is 30.3 Å². The SMILES string of the molecule is CCOC(=O)[C@@H](F)[C@H](O)[C@@H]1O[C@@H]1COCc1ccccc1. The van der Waals surface area contributed by atoms with Crippen molar-refractivity contribution in [1.82, 2.24) is 0 Å². The number of aliphatic hydroxyl groups excluding tert-OH is 1. The molecule has 0 aromatic heterocycles. The standard InChI is InChI=1S/C15H19FO5/c1-2-20-15(18)12(16)13(17)14-11(21-14)9-19-8-10-6-4-3-5-7-10/h3-7,11-14,17H,2,8-9H2,1H3/t11-,12+,13+,14-/m1/s1. The van der Waals surface area contributed by atoms with E-state index in [1.54, 1.807) is 6.92 Å². The number of carbonyl (C=O) groups excluding carboxylic acids is 1. The van der Waals surface area contributed by atoms with Crippen molar-refractivity contribution < 1.29 is 28.5 Å². The Hall–Kier alpha value is -1.50. The third-order valence-electron chi connectivity index (χ3n) is 3.16. The molecule has 0 unspecified atom stereocenters. The van der Waals surface area contributed by atoms with Crippen molar-refractivity contribution in [3.8, 4) is 0 Å². The van der Waals surface area contributed by atoms with E-state index in [4.69, 9.17) is 9.47 Å². The summed E-state index contributed by atoms with van der Waals surface area (Å²) in [4.78, 5) is 11.2. The number of alkyl halides is 1. The Morgan fingerprint density at radius 1 is 1.43 bits per heavy atom. The summed E-state index contributed by atoms with van der Waals surface area (Å²) < 4.78 is 28.7. The van der Waals surface area contributed by atoms with Gasteiger partial charge in [0.15, 0.2) is 0 Å². The average molecular weight is 298 g/mol. The van der Waals surface area contributed by atoms with Crippen LogP contribution in [-0.2, 0) is 25.6 Å². The van der Waals surface area contributed by atoms with Crippen molar-refractivity contribution in [3.63, 3.8) is 0 Å². The molecule has 0 saturated carbocycles. The zero-order valence-electron chi connectivity index (χ0n) is 11.8. The summed E-state index contributed by atoms with van der Waals surface area (Å²) in [6, 6.07) is 9.59. The number of hydrogen-bond acceptors (Lipinski definition) is 5. The molecule has 1 N–H and O–H groups in total. The molecule has 116 valence electrons. The van der Waals surface area contributed by atoms with Gasteiger partial charge < -0.3 is 19.3 Å². The number of epoxide rings is 1. The van der Waals surface area contributed by atoms with Gasteiger partial charge in [0.25, 0.3) is 0 Å². The molecule has 0 radical (unpaired) electrons. The van der Waals surface area contributed by atoms with Crippen molar-refractivity contribution >= 4 is 5.97 Å². The Bertz CT molecular complexity index is 453. The summed E-state index contributed by atoms with van der Waals surface area (Å²) >= 11 is 0. The van der Waals surface area contributed by atoms with E-state index in [-0.39, 0.29) is 13.2 Å². The minimum absolute atomic E-state index is 0.0705. The van der Waals surface area contributed by atoms with Crippen molar-refractivity contribution in [2.75, 3.05) is 13.2 Å². The maximum Gasteiger partial charge on any atom is 0.343 e. The first kappa shape index (κ1) is 15.9. The second-order valence-electron chi connectivity index (χ2n) is 4.78. The molecule has 5 nitrogen and oxygen atoms in total. The van der Waals surface area contributed by atoms with Gasteiger partial charge in [0.2, 0.25) is 6.17 Å². The van der Waals surface area contributed by atoms with E-state index in [2.05, 4.69) is 4.74 Å². The summed E-state index contributed by atoms with van der Waals surface area (Å²) in [5.74, 6) is -1.07. The van der Waals surface area contributed by atoms with Gasteiger partial charge in [-0.1, -0.05) is 30.3 Å². The minimum atomic E-state index is -2.09. The van der Waals surface area contributed by atoms with Crippen LogP contribution >= 0.6 is 0 Å². The monoisotopic (exact) mass is 298 g/mol. The lowest BCUT2D eigenvalue weighted by molar-refractivity contribution is -0.154. The van der Waals surface area contributed by atoms with E-state index >= 15 is 0 Å². The molecule has 1 aliphatic rings. The fourth-order valence-electron chi connectivity index (χ4n) is 1.99. The third-order valence-corrected chi connectivity index (χ3v) is 3.16. The fraction of sp³-hybridized carbons (Fsp3) is 0.533. The summed E-state index contributed by atoms with van der Waals surface area (Å²) in [7, 11) is 0. The maximum absolute atomic E-state index is 13.6. The normalized spacial score (nSPS) is 23.4. The van der Waals surface area contributed by atoms with Crippen LogP contribution in [0.5, 0.6) is 0 Å². The third kappa shape index (κ3) is 4.49. The maximum atomic E-state index is 13.6. The molecule has 1 saturated heterocycles. The van der Waals surface area contributed by atoms with Gasteiger partial charge in [-0.15, -0.1) is 0 Å². The Kier molecular flexibility index (Phi) is 5.67. The first-order valence-corrected chi connectivity index (χ1v) is 6.89. The van der Waals surface area contributed by atoms with E-state index in [0.29, 0.717) is 6.61 Å². The van der Waals surface area contributed by atoms with Crippen molar-refractivity contribution in [3.05, 3.63) is 35.9 Å². The predicted molar refractivity (Wildman–Crippen MR) is 72.3 cm³/mol. The van der Waals surface area contributed by atoms with Crippen LogP contribution in [0.25, 0.3) is 0 Å². The molecule has 1 aliphatic heterocycles. The Labute approximate surface area is 122 Å². The summed E-state index contributed by atoms with van der Waals surface area (Å²) in [6.07, 6.45) is -4.72. The number of esters is 1. The fourth-order valence-corrected chi connectivity index (χ4v) is 1.99. The van der Waals surface area contributed by atoms with Gasteiger partial charge in [-0.05, 0) is 12.5 Å². The molecule has 0 spiro atoms. The molecule has 1 heterocycles. The number of ether oxygens (including phenoxy) is 3. The highest BCUT2D eigenvalue weighted by molar-refractivity contribution is 5.75. The molecule has 0 aliphatic carbocycles. The van der Waals surface area contributed by atoms with Crippen LogP contribution in [0, 0.1) is 0 Å². The van der Waals surface area contributed by atoms with Crippen LogP contribution in [0.2, 0.25) is 0 Å². The van der Waals surface area contributed by atoms with Crippen LogP contribution in [0.1, 0.15) is 12.5 Å². The second-order valence-corrected chi connectivity index (χ2v) is 4.78. The zero-order chi connectivity index (χ0) is 15.2. The lowest BCUT2D eigenvalue weighted by Gasteiger charge is -2.12. The quantitative estimate of drug-likeness (QED) is 0.577. The summed E-state index contributed by atoms with van der Waals surface area (Å²) in [5, 5.41) is 9.68. The van der Waals surface area contributed by atoms with E-state index in [0.717, 1.165) is 5.56 Å². The molecule has 0 amide bonds. The van der Waals surface area contributed by atoms with Gasteiger partial charge in [-0.3, -0.25) is 0 Å². The molecule has 4 atom stereocenters. The molecule has 21 heavy (non-hydrogen) atoms. The van der Waals surface area contributed by atoms with Crippen molar-refractivity contribution in [2.45, 2.75) is 38.0 Å². The minimum Gasteiger partial charge on any atom is -0.464 e. The van der Waals surface area contributed by atoms with E-state index in [1.165, 1.54) is 0 Å². The lowest BCUT2D eigenvalue weighted by atomic mass is 10.1. The Morgan fingerprint density at radius 2 is 2.14 bits per heavy atom. The van der Waals surface area contributed by atoms with Gasteiger partial charge in [-0.2, -0.15) is 0 Å². The highest BCUT2D eigenvalue weighted by Crippen LogP contribution is 2.29. The highest BCUT2D eigenvalue weighted by Gasteiger charge is 2.49. The van der Waals surface area contributed by atoms with Crippen LogP contribution in [0.4, 0.5) is 4.39 Å². The van der Waals surface area contributed by atoms with Crippen molar-refractivity contribution in [2.24, 2.45) is 0 Å². The van der Waals surface area contributed by atoms with Crippen molar-refractivity contribution in [1.29, 1.82) is 0 Å². The molecule has 6 heteroatoms. The molecular weight excluding hydrogens is 279 g/mol. The molecular formula is C15H19FO5. The molecule has 0 bridgehead atoms. The highest BCUT2D eigenvalue weighted by atomic mass is 19.1. The van der Waals surface area contributed by atoms with Gasteiger partial charge in [-0.25, -0.2) is 9.18 Å². The Morgan fingerprint density at radius 3 is 2.81 bits per heavy atom. The first-order valence-electron chi connectivity index (χ1n) is 6.89. The number of aliphatic hydroxyl groups is 1.